The maximum Gasteiger partial charge on any atom is 0.175 e. The molecule has 0 bridgehead atoms. The van der Waals surface area contributed by atoms with E-state index < -0.39 is 0 Å². The molecule has 0 aromatic carbocycles. The molecule has 0 amide bonds. The molecule has 0 saturated carbocycles. The van der Waals surface area contributed by atoms with Gasteiger partial charge in [-0.15, -0.1) is 0 Å². The quantitative estimate of drug-likeness (QED) is 0.736. The molecular weight excluding hydrogens is 259 g/mol. The van der Waals surface area contributed by atoms with Gasteiger partial charge in [0.1, 0.15) is 0 Å². The Morgan fingerprint density at radius 1 is 1.41 bits per heavy atom. The summed E-state index contributed by atoms with van der Waals surface area (Å²) in [5.41, 5.74) is 0.288. The summed E-state index contributed by atoms with van der Waals surface area (Å²) in [6, 6.07) is 0. The molecule has 0 aliphatic carbocycles. The van der Waals surface area contributed by atoms with E-state index in [0.717, 1.165) is 18.3 Å². The summed E-state index contributed by atoms with van der Waals surface area (Å²) < 4.78 is 0. The van der Waals surface area contributed by atoms with Crippen LogP contribution in [-0.2, 0) is 0 Å². The lowest BCUT2D eigenvalue weighted by molar-refractivity contribution is 0.0193. The third kappa shape index (κ3) is 3.49. The summed E-state index contributed by atoms with van der Waals surface area (Å²) in [5, 5.41) is 6.02. The zero-order chi connectivity index (χ0) is 11.5. The van der Waals surface area contributed by atoms with Gasteiger partial charge >= 0.3 is 0 Å². The van der Waals surface area contributed by atoms with Gasteiger partial charge in [-0.3, -0.25) is 4.70 Å². The zero-order valence-electron chi connectivity index (χ0n) is 10.6. The van der Waals surface area contributed by atoms with Crippen molar-refractivity contribution in [2.75, 3.05) is 33.7 Å². The van der Waals surface area contributed by atoms with E-state index in [0.29, 0.717) is 0 Å². The normalized spacial score (nSPS) is 25.8. The highest BCUT2D eigenvalue weighted by molar-refractivity contribution is 8.82. The molecule has 1 atom stereocenters. The van der Waals surface area contributed by atoms with Crippen LogP contribution in [0.5, 0.6) is 0 Å². The van der Waals surface area contributed by atoms with Gasteiger partial charge in [0, 0.05) is 33.7 Å². The molecule has 2 aliphatic heterocycles. The van der Waals surface area contributed by atoms with E-state index >= 15 is 0 Å². The van der Waals surface area contributed by atoms with Gasteiger partial charge in [0.25, 0.3) is 0 Å². The molecule has 0 aromatic heterocycles. The summed E-state index contributed by atoms with van der Waals surface area (Å²) in [7, 11) is 7.77. The molecule has 1 unspecified atom stereocenters. The van der Waals surface area contributed by atoms with Gasteiger partial charge in [0.05, 0.1) is 0 Å². The fourth-order valence-electron chi connectivity index (χ4n) is 1.96. The van der Waals surface area contributed by atoms with Crippen LogP contribution in [0.25, 0.3) is 0 Å². The molecule has 1 saturated heterocycles. The van der Waals surface area contributed by atoms with Gasteiger partial charge in [-0.2, -0.15) is 0 Å². The second-order valence-electron chi connectivity index (χ2n) is 4.28. The summed E-state index contributed by atoms with van der Waals surface area (Å²) in [6.07, 6.45) is 2.49. The molecule has 0 N–H and O–H groups in total. The monoisotopic (exact) mass is 280 g/mol. The SMILES string of the molecule is CCCN1CCCN1C1N=C(N(C)C)SS1.F. The first kappa shape index (κ1) is 15.1. The van der Waals surface area contributed by atoms with Crippen LogP contribution in [0, 0.1) is 0 Å². The van der Waals surface area contributed by atoms with Crippen LogP contribution in [0.4, 0.5) is 4.70 Å². The van der Waals surface area contributed by atoms with E-state index in [-0.39, 0.29) is 10.2 Å². The minimum Gasteiger partial charge on any atom is -0.357 e. The zero-order valence-corrected chi connectivity index (χ0v) is 12.3. The average molecular weight is 280 g/mol. The van der Waals surface area contributed by atoms with Gasteiger partial charge in [0.2, 0.25) is 0 Å². The molecule has 0 radical (unpaired) electrons. The average Bonchev–Trinajstić information content (AvgIpc) is 2.84. The van der Waals surface area contributed by atoms with Crippen molar-refractivity contribution in [2.45, 2.75) is 25.3 Å². The first-order valence-electron chi connectivity index (χ1n) is 5.82. The predicted octanol–water partition coefficient (Wildman–Crippen LogP) is 2.07. The third-order valence-corrected chi connectivity index (χ3v) is 5.20. The molecule has 17 heavy (non-hydrogen) atoms. The van der Waals surface area contributed by atoms with Crippen molar-refractivity contribution in [1.82, 2.24) is 14.9 Å². The number of hydrogen-bond acceptors (Lipinski definition) is 6. The molecule has 2 rings (SSSR count). The standard InChI is InChI=1S/C10H20N4S2.FH/c1-4-6-13-7-5-8-14(13)10-11-9(12(2)3)15-16-10;/h10H,4-8H2,1-3H3;1H. The fraction of sp³-hybridized carbons (Fsp3) is 0.900. The number of hydrazine groups is 1. The minimum absolute atomic E-state index is 0. The molecule has 100 valence electrons. The molecule has 7 heteroatoms. The maximum absolute atomic E-state index is 4.75. The Labute approximate surface area is 111 Å². The molecule has 0 spiro atoms. The van der Waals surface area contributed by atoms with Gasteiger partial charge < -0.3 is 4.90 Å². The van der Waals surface area contributed by atoms with Crippen LogP contribution in [0.1, 0.15) is 19.8 Å². The molecular formula is C10H21FN4S2. The highest BCUT2D eigenvalue weighted by Crippen LogP contribution is 2.40. The van der Waals surface area contributed by atoms with Crippen LogP contribution < -0.4 is 0 Å². The Hall–Kier alpha value is 0.0200. The second kappa shape index (κ2) is 6.82. The summed E-state index contributed by atoms with van der Waals surface area (Å²) >= 11 is 0. The molecule has 1 fully saturated rings. The first-order valence-corrected chi connectivity index (χ1v) is 8.03. The van der Waals surface area contributed by atoms with Crippen LogP contribution in [0.15, 0.2) is 4.99 Å². The lowest BCUT2D eigenvalue weighted by Gasteiger charge is -2.29. The van der Waals surface area contributed by atoms with Crippen LogP contribution >= 0.6 is 21.6 Å². The summed E-state index contributed by atoms with van der Waals surface area (Å²) in [5.74, 6) is 0. The van der Waals surface area contributed by atoms with E-state index in [9.17, 15) is 0 Å². The van der Waals surface area contributed by atoms with Crippen molar-refractivity contribution in [1.29, 1.82) is 0 Å². The molecule has 0 aromatic rings. The molecule has 4 nitrogen and oxygen atoms in total. The number of halogens is 1. The van der Waals surface area contributed by atoms with E-state index in [4.69, 9.17) is 4.99 Å². The van der Waals surface area contributed by atoms with Crippen molar-refractivity contribution in [3.63, 3.8) is 0 Å². The van der Waals surface area contributed by atoms with E-state index in [2.05, 4.69) is 35.9 Å². The van der Waals surface area contributed by atoms with E-state index in [1.807, 2.05) is 10.8 Å². The summed E-state index contributed by atoms with van der Waals surface area (Å²) in [6.45, 7) is 5.75. The molecule has 2 aliphatic rings. The van der Waals surface area contributed by atoms with Gasteiger partial charge in [-0.25, -0.2) is 15.0 Å². The first-order chi connectivity index (χ1) is 7.72. The van der Waals surface area contributed by atoms with Crippen LogP contribution in [0.2, 0.25) is 0 Å². The van der Waals surface area contributed by atoms with E-state index in [1.54, 1.807) is 10.8 Å². The third-order valence-electron chi connectivity index (χ3n) is 2.72. The van der Waals surface area contributed by atoms with Crippen molar-refractivity contribution in [2.24, 2.45) is 4.99 Å². The Morgan fingerprint density at radius 3 is 2.76 bits per heavy atom. The second-order valence-corrected chi connectivity index (χ2v) is 6.51. The van der Waals surface area contributed by atoms with Crippen molar-refractivity contribution < 1.29 is 4.70 Å². The number of hydrogen-bond donors (Lipinski definition) is 0. The fourth-order valence-corrected chi connectivity index (χ4v) is 4.50. The van der Waals surface area contributed by atoms with Crippen LogP contribution in [0.3, 0.4) is 0 Å². The van der Waals surface area contributed by atoms with Crippen molar-refractivity contribution >= 4 is 26.8 Å². The van der Waals surface area contributed by atoms with Crippen molar-refractivity contribution in [3.05, 3.63) is 0 Å². The lowest BCUT2D eigenvalue weighted by atomic mass is 10.4. The Bertz CT molecular complexity index is 275. The Morgan fingerprint density at radius 2 is 2.18 bits per heavy atom. The number of aliphatic imine (C=N–C) groups is 1. The Balaban J connectivity index is 0.00000144. The van der Waals surface area contributed by atoms with Crippen molar-refractivity contribution in [3.8, 4) is 0 Å². The topological polar surface area (TPSA) is 22.1 Å². The maximum atomic E-state index is 4.75. The predicted molar refractivity (Wildman–Crippen MR) is 75.8 cm³/mol. The summed E-state index contributed by atoms with van der Waals surface area (Å²) in [4.78, 5) is 6.85. The van der Waals surface area contributed by atoms with Gasteiger partial charge in [-0.05, 0) is 34.4 Å². The number of rotatable bonds is 3. The smallest absolute Gasteiger partial charge is 0.175 e. The van der Waals surface area contributed by atoms with Gasteiger partial charge in [-0.1, -0.05) is 6.92 Å². The minimum atomic E-state index is 0. The Kier molecular flexibility index (Phi) is 6.05. The lowest BCUT2D eigenvalue weighted by Crippen LogP contribution is -2.41. The highest BCUT2D eigenvalue weighted by atomic mass is 33.1. The van der Waals surface area contributed by atoms with E-state index in [1.165, 1.54) is 19.4 Å². The number of amidine groups is 1. The van der Waals surface area contributed by atoms with Gasteiger partial charge in [0.15, 0.2) is 10.7 Å². The van der Waals surface area contributed by atoms with Crippen LogP contribution in [-0.4, -0.2) is 59.3 Å². The number of nitrogens with zero attached hydrogens (tertiary/aromatic N) is 4. The molecule has 2 heterocycles. The largest absolute Gasteiger partial charge is 0.357 e. The highest BCUT2D eigenvalue weighted by Gasteiger charge is 2.32.